The number of benzene rings is 1. The van der Waals surface area contributed by atoms with E-state index in [0.717, 1.165) is 19.3 Å². The Morgan fingerprint density at radius 3 is 2.48 bits per heavy atom. The van der Waals surface area contributed by atoms with E-state index in [2.05, 4.69) is 34.6 Å². The van der Waals surface area contributed by atoms with Crippen LogP contribution in [0, 0.1) is 11.3 Å². The van der Waals surface area contributed by atoms with Crippen LogP contribution in [0.3, 0.4) is 0 Å². The van der Waals surface area contributed by atoms with E-state index in [9.17, 15) is 9.59 Å². The van der Waals surface area contributed by atoms with Crippen molar-refractivity contribution in [1.82, 2.24) is 14.5 Å². The van der Waals surface area contributed by atoms with Crippen molar-refractivity contribution in [2.75, 3.05) is 6.54 Å². The second-order valence-electron chi connectivity index (χ2n) is 9.87. The van der Waals surface area contributed by atoms with Gasteiger partial charge in [-0.3, -0.25) is 14.2 Å². The summed E-state index contributed by atoms with van der Waals surface area (Å²) in [4.78, 5) is 33.2. The Labute approximate surface area is 191 Å². The molecular formula is C25H38ClN3O2. The first-order chi connectivity index (χ1) is 14.5. The molecule has 2 aromatic rings. The lowest BCUT2D eigenvalue weighted by atomic mass is 9.84. The lowest BCUT2D eigenvalue weighted by Gasteiger charge is -2.32. The fourth-order valence-electron chi connectivity index (χ4n) is 4.37. The molecule has 6 heteroatoms. The summed E-state index contributed by atoms with van der Waals surface area (Å²) < 4.78 is 1.67. The van der Waals surface area contributed by atoms with Gasteiger partial charge in [0.1, 0.15) is 5.82 Å². The highest BCUT2D eigenvalue weighted by molar-refractivity contribution is 6.31. The van der Waals surface area contributed by atoms with Crippen molar-refractivity contribution in [1.29, 1.82) is 0 Å². The Morgan fingerprint density at radius 2 is 1.90 bits per heavy atom. The molecule has 0 radical (unpaired) electrons. The maximum Gasteiger partial charge on any atom is 0.261 e. The third kappa shape index (κ3) is 6.55. The molecular weight excluding hydrogens is 410 g/mol. The number of aromatic nitrogens is 2. The van der Waals surface area contributed by atoms with Crippen LogP contribution in [0.5, 0.6) is 0 Å². The predicted octanol–water partition coefficient (Wildman–Crippen LogP) is 6.22. The summed E-state index contributed by atoms with van der Waals surface area (Å²) >= 11 is 6.10. The van der Waals surface area contributed by atoms with Crippen molar-refractivity contribution in [3.05, 3.63) is 39.4 Å². The molecule has 0 saturated heterocycles. The molecule has 1 aromatic heterocycles. The summed E-state index contributed by atoms with van der Waals surface area (Å²) in [5.74, 6) is 1.06. The maximum absolute atomic E-state index is 13.3. The molecule has 172 valence electrons. The first-order valence-electron chi connectivity index (χ1n) is 11.5. The zero-order chi connectivity index (χ0) is 23.3. The molecule has 0 bridgehead atoms. The molecule has 0 aliphatic carbocycles. The molecule has 5 nitrogen and oxygen atoms in total. The molecule has 1 amide bonds. The summed E-state index contributed by atoms with van der Waals surface area (Å²) in [5, 5.41) is 1.03. The summed E-state index contributed by atoms with van der Waals surface area (Å²) in [7, 11) is 0. The molecule has 0 fully saturated rings. The topological polar surface area (TPSA) is 55.2 Å². The van der Waals surface area contributed by atoms with Crippen molar-refractivity contribution in [2.24, 2.45) is 11.3 Å². The Balaban J connectivity index is 2.43. The predicted molar refractivity (Wildman–Crippen MR) is 130 cm³/mol. The van der Waals surface area contributed by atoms with Gasteiger partial charge in [-0.2, -0.15) is 0 Å². The fourth-order valence-corrected chi connectivity index (χ4v) is 4.54. The highest BCUT2D eigenvalue weighted by Crippen LogP contribution is 2.28. The van der Waals surface area contributed by atoms with E-state index < -0.39 is 0 Å². The zero-order valence-corrected chi connectivity index (χ0v) is 20.9. The Bertz CT molecular complexity index is 962. The van der Waals surface area contributed by atoms with Crippen LogP contribution in [0.1, 0.15) is 86.0 Å². The number of rotatable bonds is 9. The van der Waals surface area contributed by atoms with E-state index >= 15 is 0 Å². The van der Waals surface area contributed by atoms with Gasteiger partial charge < -0.3 is 4.90 Å². The molecule has 2 rings (SSSR count). The number of fused-ring (bicyclic) bond motifs is 1. The standard InChI is InChI=1S/C25H38ClN3O2/c1-8-10-13-29(22(30)14-17(3)16-25(5,6)7)18(4)23-27-21-12-11-19(26)15-20(21)24(31)28(23)9-2/h11-12,15,17-18H,8-10,13-14,16H2,1-7H3. The van der Waals surface area contributed by atoms with Gasteiger partial charge in [0.2, 0.25) is 5.91 Å². The molecule has 31 heavy (non-hydrogen) atoms. The van der Waals surface area contributed by atoms with Crippen LogP contribution < -0.4 is 5.56 Å². The van der Waals surface area contributed by atoms with E-state index in [1.165, 1.54) is 0 Å². The van der Waals surface area contributed by atoms with Crippen molar-refractivity contribution in [3.8, 4) is 0 Å². The van der Waals surface area contributed by atoms with Crippen molar-refractivity contribution in [3.63, 3.8) is 0 Å². The molecule has 0 saturated carbocycles. The van der Waals surface area contributed by atoms with Gasteiger partial charge in [-0.1, -0.05) is 52.6 Å². The lowest BCUT2D eigenvalue weighted by molar-refractivity contribution is -0.134. The zero-order valence-electron chi connectivity index (χ0n) is 20.2. The van der Waals surface area contributed by atoms with E-state index in [1.807, 2.05) is 18.7 Å². The molecule has 2 unspecified atom stereocenters. The molecule has 0 aliphatic heterocycles. The minimum Gasteiger partial charge on any atom is -0.333 e. The summed E-state index contributed by atoms with van der Waals surface area (Å²) in [6.45, 7) is 15.9. The largest absolute Gasteiger partial charge is 0.333 e. The van der Waals surface area contributed by atoms with E-state index in [0.29, 0.717) is 47.2 Å². The minimum absolute atomic E-state index is 0.110. The number of hydrogen-bond donors (Lipinski definition) is 0. The smallest absolute Gasteiger partial charge is 0.261 e. The SMILES string of the molecule is CCCCN(C(=O)CC(C)CC(C)(C)C)C(C)c1nc2ccc(Cl)cc2c(=O)n1CC. The Kier molecular flexibility index (Phi) is 8.70. The third-order valence-electron chi connectivity index (χ3n) is 5.66. The molecule has 0 spiro atoms. The van der Waals surface area contributed by atoms with Crippen LogP contribution >= 0.6 is 11.6 Å². The van der Waals surface area contributed by atoms with Crippen LogP contribution in [0.15, 0.2) is 23.0 Å². The lowest BCUT2D eigenvalue weighted by Crippen LogP contribution is -2.39. The van der Waals surface area contributed by atoms with Crippen LogP contribution in [-0.2, 0) is 11.3 Å². The molecule has 1 heterocycles. The second-order valence-corrected chi connectivity index (χ2v) is 10.3. The average Bonchev–Trinajstić information content (AvgIpc) is 2.66. The number of amides is 1. The van der Waals surface area contributed by atoms with Crippen LogP contribution in [-0.4, -0.2) is 26.9 Å². The number of unbranched alkanes of at least 4 members (excludes halogenated alkanes) is 1. The van der Waals surface area contributed by atoms with Gasteiger partial charge in [-0.05, 0) is 56.2 Å². The van der Waals surface area contributed by atoms with Gasteiger partial charge >= 0.3 is 0 Å². The van der Waals surface area contributed by atoms with Crippen molar-refractivity contribution >= 4 is 28.4 Å². The van der Waals surface area contributed by atoms with Gasteiger partial charge in [0.15, 0.2) is 0 Å². The number of halogens is 1. The second kappa shape index (κ2) is 10.6. The number of carbonyl (C=O) groups excluding carboxylic acids is 1. The van der Waals surface area contributed by atoms with Gasteiger partial charge in [-0.25, -0.2) is 4.98 Å². The summed E-state index contributed by atoms with van der Waals surface area (Å²) in [5.41, 5.74) is 0.689. The molecule has 1 aromatic carbocycles. The molecule has 2 atom stereocenters. The number of nitrogens with zero attached hydrogens (tertiary/aromatic N) is 3. The number of carbonyl (C=O) groups is 1. The van der Waals surface area contributed by atoms with E-state index in [-0.39, 0.29) is 22.9 Å². The van der Waals surface area contributed by atoms with E-state index in [4.69, 9.17) is 16.6 Å². The third-order valence-corrected chi connectivity index (χ3v) is 5.90. The van der Waals surface area contributed by atoms with Crippen LogP contribution in [0.25, 0.3) is 10.9 Å². The van der Waals surface area contributed by atoms with E-state index in [1.54, 1.807) is 22.8 Å². The van der Waals surface area contributed by atoms with Crippen LogP contribution in [0.4, 0.5) is 0 Å². The quantitative estimate of drug-likeness (QED) is 0.458. The van der Waals surface area contributed by atoms with Crippen molar-refractivity contribution in [2.45, 2.75) is 86.7 Å². The fraction of sp³-hybridized carbons (Fsp3) is 0.640. The summed E-state index contributed by atoms with van der Waals surface area (Å²) in [6, 6.07) is 4.91. The Hall–Kier alpha value is -1.88. The molecule has 0 aliphatic rings. The first kappa shape index (κ1) is 25.4. The average molecular weight is 448 g/mol. The van der Waals surface area contributed by atoms with Gasteiger partial charge in [-0.15, -0.1) is 0 Å². The monoisotopic (exact) mass is 447 g/mol. The first-order valence-corrected chi connectivity index (χ1v) is 11.9. The number of hydrogen-bond acceptors (Lipinski definition) is 3. The normalized spacial score (nSPS) is 13.9. The Morgan fingerprint density at radius 1 is 1.23 bits per heavy atom. The molecule has 0 N–H and O–H groups in total. The highest BCUT2D eigenvalue weighted by atomic mass is 35.5. The van der Waals surface area contributed by atoms with Crippen LogP contribution in [0.2, 0.25) is 5.02 Å². The van der Waals surface area contributed by atoms with Crippen molar-refractivity contribution < 1.29 is 4.79 Å². The minimum atomic E-state index is -0.284. The highest BCUT2D eigenvalue weighted by Gasteiger charge is 2.27. The van der Waals surface area contributed by atoms with Gasteiger partial charge in [0.05, 0.1) is 16.9 Å². The maximum atomic E-state index is 13.3. The summed E-state index contributed by atoms with van der Waals surface area (Å²) in [6.07, 6.45) is 3.41. The van der Waals surface area contributed by atoms with Gasteiger partial charge in [0, 0.05) is 24.5 Å². The van der Waals surface area contributed by atoms with Gasteiger partial charge in [0.25, 0.3) is 5.56 Å².